The summed E-state index contributed by atoms with van der Waals surface area (Å²) in [4.78, 5) is 11.3. The molecule has 0 unspecified atom stereocenters. The van der Waals surface area contributed by atoms with Gasteiger partial charge in [0, 0.05) is 12.2 Å². The summed E-state index contributed by atoms with van der Waals surface area (Å²) in [5.74, 6) is 0.00583. The smallest absolute Gasteiger partial charge is 0.163 e. The number of anilines is 1. The number of hydrogen-bond donors (Lipinski definition) is 2. The van der Waals surface area contributed by atoms with Crippen LogP contribution in [0.3, 0.4) is 0 Å². The summed E-state index contributed by atoms with van der Waals surface area (Å²) in [6, 6.07) is 3.47. The van der Waals surface area contributed by atoms with Gasteiger partial charge in [0.15, 0.2) is 5.78 Å². The standard InChI is InChI=1S/C12H15NO2/c1-8(14)10-7-11-9(6-12(10)15)4-2-3-5-13-11/h6-7,13,15H,2-5H2,1H3. The molecule has 0 bridgehead atoms. The molecule has 3 nitrogen and oxygen atoms in total. The molecule has 3 heteroatoms. The lowest BCUT2D eigenvalue weighted by Crippen LogP contribution is -2.02. The van der Waals surface area contributed by atoms with Gasteiger partial charge in [-0.15, -0.1) is 0 Å². The number of carbonyl (C=O) groups is 1. The fourth-order valence-electron chi connectivity index (χ4n) is 1.95. The maximum absolute atomic E-state index is 11.3. The second kappa shape index (κ2) is 3.93. The van der Waals surface area contributed by atoms with Crippen molar-refractivity contribution in [3.63, 3.8) is 0 Å². The summed E-state index contributed by atoms with van der Waals surface area (Å²) in [6.45, 7) is 2.41. The fraction of sp³-hybridized carbons (Fsp3) is 0.417. The zero-order chi connectivity index (χ0) is 10.8. The number of hydrogen-bond acceptors (Lipinski definition) is 3. The molecule has 0 spiro atoms. The number of nitrogens with one attached hydrogen (secondary N) is 1. The van der Waals surface area contributed by atoms with Crippen LogP contribution in [0.2, 0.25) is 0 Å². The predicted octanol–water partition coefficient (Wildman–Crippen LogP) is 2.34. The minimum Gasteiger partial charge on any atom is -0.507 e. The van der Waals surface area contributed by atoms with Gasteiger partial charge in [-0.05, 0) is 43.9 Å². The molecule has 1 aliphatic rings. The van der Waals surface area contributed by atoms with Crippen molar-refractivity contribution in [3.05, 3.63) is 23.3 Å². The van der Waals surface area contributed by atoms with Gasteiger partial charge in [-0.3, -0.25) is 4.79 Å². The van der Waals surface area contributed by atoms with Crippen molar-refractivity contribution >= 4 is 11.5 Å². The second-order valence-corrected chi connectivity index (χ2v) is 3.97. The van der Waals surface area contributed by atoms with E-state index >= 15 is 0 Å². The topological polar surface area (TPSA) is 49.3 Å². The van der Waals surface area contributed by atoms with Crippen molar-refractivity contribution in [2.75, 3.05) is 11.9 Å². The number of rotatable bonds is 1. The maximum atomic E-state index is 11.3. The van der Waals surface area contributed by atoms with Gasteiger partial charge in [0.1, 0.15) is 5.75 Å². The molecule has 0 saturated heterocycles. The van der Waals surface area contributed by atoms with Crippen LogP contribution in [0, 0.1) is 0 Å². The zero-order valence-electron chi connectivity index (χ0n) is 8.84. The molecule has 0 fully saturated rings. The number of aryl methyl sites for hydroxylation is 1. The lowest BCUT2D eigenvalue weighted by molar-refractivity contribution is 0.101. The van der Waals surface area contributed by atoms with E-state index in [1.807, 2.05) is 0 Å². The summed E-state index contributed by atoms with van der Waals surface area (Å²) in [7, 11) is 0. The van der Waals surface area contributed by atoms with E-state index in [9.17, 15) is 9.90 Å². The summed E-state index contributed by atoms with van der Waals surface area (Å²) in [6.07, 6.45) is 3.22. The molecular weight excluding hydrogens is 190 g/mol. The molecule has 15 heavy (non-hydrogen) atoms. The monoisotopic (exact) mass is 205 g/mol. The number of ketones is 1. The Hall–Kier alpha value is -1.51. The van der Waals surface area contributed by atoms with E-state index in [0.717, 1.165) is 37.1 Å². The zero-order valence-corrected chi connectivity index (χ0v) is 8.84. The minimum atomic E-state index is -0.0960. The van der Waals surface area contributed by atoms with Gasteiger partial charge in [0.2, 0.25) is 0 Å². The van der Waals surface area contributed by atoms with Crippen molar-refractivity contribution < 1.29 is 9.90 Å². The Labute approximate surface area is 89.1 Å². The lowest BCUT2D eigenvalue weighted by Gasteiger charge is -2.10. The van der Waals surface area contributed by atoms with E-state index in [1.165, 1.54) is 6.92 Å². The molecule has 1 aromatic carbocycles. The van der Waals surface area contributed by atoms with Crippen molar-refractivity contribution in [2.45, 2.75) is 26.2 Å². The van der Waals surface area contributed by atoms with Crippen LogP contribution in [-0.4, -0.2) is 17.4 Å². The third-order valence-corrected chi connectivity index (χ3v) is 2.79. The third-order valence-electron chi connectivity index (χ3n) is 2.79. The van der Waals surface area contributed by atoms with Gasteiger partial charge in [0.05, 0.1) is 5.56 Å². The van der Waals surface area contributed by atoms with E-state index < -0.39 is 0 Å². The SMILES string of the molecule is CC(=O)c1cc2c(cc1O)CCCCN2. The molecule has 0 atom stereocenters. The number of phenols is 1. The Balaban J connectivity index is 2.47. The highest BCUT2D eigenvalue weighted by molar-refractivity contribution is 5.98. The lowest BCUT2D eigenvalue weighted by atomic mass is 10.0. The first-order valence-electron chi connectivity index (χ1n) is 5.29. The Kier molecular flexibility index (Phi) is 2.62. The Morgan fingerprint density at radius 2 is 2.20 bits per heavy atom. The summed E-state index contributed by atoms with van der Waals surface area (Å²) in [5.41, 5.74) is 2.51. The quantitative estimate of drug-likeness (QED) is 0.546. The molecule has 0 radical (unpaired) electrons. The van der Waals surface area contributed by atoms with E-state index in [2.05, 4.69) is 5.32 Å². The van der Waals surface area contributed by atoms with Gasteiger partial charge in [-0.2, -0.15) is 0 Å². The van der Waals surface area contributed by atoms with E-state index in [4.69, 9.17) is 0 Å². The number of carbonyl (C=O) groups excluding carboxylic acids is 1. The summed E-state index contributed by atoms with van der Waals surface area (Å²) in [5, 5.41) is 13.0. The van der Waals surface area contributed by atoms with Crippen LogP contribution in [0.15, 0.2) is 12.1 Å². The van der Waals surface area contributed by atoms with Gasteiger partial charge in [0.25, 0.3) is 0 Å². The summed E-state index contributed by atoms with van der Waals surface area (Å²) >= 11 is 0. The van der Waals surface area contributed by atoms with Crippen molar-refractivity contribution in [1.82, 2.24) is 0 Å². The van der Waals surface area contributed by atoms with Crippen LogP contribution in [0.25, 0.3) is 0 Å². The summed E-state index contributed by atoms with van der Waals surface area (Å²) < 4.78 is 0. The van der Waals surface area contributed by atoms with E-state index in [1.54, 1.807) is 12.1 Å². The van der Waals surface area contributed by atoms with Crippen LogP contribution in [0.5, 0.6) is 5.75 Å². The molecule has 0 amide bonds. The van der Waals surface area contributed by atoms with Crippen molar-refractivity contribution in [2.24, 2.45) is 0 Å². The van der Waals surface area contributed by atoms with Crippen LogP contribution in [0.4, 0.5) is 5.69 Å². The molecule has 0 aliphatic carbocycles. The Bertz CT molecular complexity index is 399. The molecule has 1 aliphatic heterocycles. The number of phenolic OH excluding ortho intramolecular Hbond substituents is 1. The molecular formula is C12H15NO2. The first-order valence-corrected chi connectivity index (χ1v) is 5.29. The third kappa shape index (κ3) is 1.96. The van der Waals surface area contributed by atoms with E-state index in [0.29, 0.717) is 5.56 Å². The van der Waals surface area contributed by atoms with Crippen LogP contribution < -0.4 is 5.32 Å². The van der Waals surface area contributed by atoms with Gasteiger partial charge in [-0.1, -0.05) is 0 Å². The minimum absolute atomic E-state index is 0.0960. The Morgan fingerprint density at radius 1 is 1.40 bits per heavy atom. The van der Waals surface area contributed by atoms with Gasteiger partial charge in [-0.25, -0.2) is 0 Å². The first-order chi connectivity index (χ1) is 7.18. The predicted molar refractivity (Wildman–Crippen MR) is 59.5 cm³/mol. The van der Waals surface area contributed by atoms with E-state index in [-0.39, 0.29) is 11.5 Å². The van der Waals surface area contributed by atoms with Crippen LogP contribution in [-0.2, 0) is 6.42 Å². The molecule has 0 aromatic heterocycles. The normalized spacial score (nSPS) is 15.0. The molecule has 2 rings (SSSR count). The molecule has 0 saturated carbocycles. The highest BCUT2D eigenvalue weighted by Crippen LogP contribution is 2.29. The largest absolute Gasteiger partial charge is 0.507 e. The number of aromatic hydroxyl groups is 1. The number of benzene rings is 1. The van der Waals surface area contributed by atoms with Crippen molar-refractivity contribution in [1.29, 1.82) is 0 Å². The average Bonchev–Trinajstić information content (AvgIpc) is 2.40. The maximum Gasteiger partial charge on any atom is 0.163 e. The highest BCUT2D eigenvalue weighted by atomic mass is 16.3. The first kappa shape index (κ1) is 10.0. The van der Waals surface area contributed by atoms with Crippen LogP contribution in [0.1, 0.15) is 35.7 Å². The number of Topliss-reactive ketones (excluding diaryl/α,β-unsaturated/α-hetero) is 1. The number of fused-ring (bicyclic) bond motifs is 1. The van der Waals surface area contributed by atoms with Crippen LogP contribution >= 0.6 is 0 Å². The fourth-order valence-corrected chi connectivity index (χ4v) is 1.95. The second-order valence-electron chi connectivity index (χ2n) is 3.97. The van der Waals surface area contributed by atoms with Gasteiger partial charge >= 0.3 is 0 Å². The molecule has 1 heterocycles. The molecule has 1 aromatic rings. The molecule has 80 valence electrons. The van der Waals surface area contributed by atoms with Gasteiger partial charge < -0.3 is 10.4 Å². The molecule has 2 N–H and O–H groups in total. The highest BCUT2D eigenvalue weighted by Gasteiger charge is 2.13. The Morgan fingerprint density at radius 3 is 2.93 bits per heavy atom. The average molecular weight is 205 g/mol. The van der Waals surface area contributed by atoms with Crippen molar-refractivity contribution in [3.8, 4) is 5.75 Å².